The summed E-state index contributed by atoms with van der Waals surface area (Å²) in [4.78, 5) is 14.5. The maximum atomic E-state index is 7.59. The van der Waals surface area contributed by atoms with Gasteiger partial charge >= 0.3 is 0 Å². The zero-order valence-corrected chi connectivity index (χ0v) is 26.6. The summed E-state index contributed by atoms with van der Waals surface area (Å²) in [5.74, 6) is 0. The molecule has 0 aliphatic rings. The monoisotopic (exact) mass is 735 g/mol. The zero-order chi connectivity index (χ0) is 30.5. The first-order valence-corrected chi connectivity index (χ1v) is 13.8. The Balaban J connectivity index is 0.000000204. The Hall–Kier alpha value is -3.70. The molecule has 5 aromatic heterocycles. The van der Waals surface area contributed by atoms with Gasteiger partial charge in [0.15, 0.2) is 0 Å². The van der Waals surface area contributed by atoms with Gasteiger partial charge in [-0.15, -0.1) is 64.9 Å². The Morgan fingerprint density at radius 1 is 0.902 bits per heavy atom. The SMILES string of the molecule is Cc1c[c-]c(-c2cc(C)c(C)cn2)cc1.[2H]C([2H])([2H])c1ccc2c(n1)oc1c(-c3nccc4sc(C)c(C)c34)[c-]ccc12.[Ir]. The minimum Gasteiger partial charge on any atom is -0.486 e. The molecule has 0 fully saturated rings. The van der Waals surface area contributed by atoms with Crippen LogP contribution < -0.4 is 0 Å². The molecule has 0 aliphatic heterocycles. The van der Waals surface area contributed by atoms with Crippen molar-refractivity contribution in [3.63, 3.8) is 0 Å². The summed E-state index contributed by atoms with van der Waals surface area (Å²) in [7, 11) is 0. The average Bonchev–Trinajstić information content (AvgIpc) is 3.51. The molecule has 0 amide bonds. The van der Waals surface area contributed by atoms with Gasteiger partial charge < -0.3 is 14.4 Å². The number of benzene rings is 2. The van der Waals surface area contributed by atoms with Crippen LogP contribution in [0.15, 0.2) is 71.4 Å². The van der Waals surface area contributed by atoms with E-state index in [0.29, 0.717) is 11.3 Å². The van der Waals surface area contributed by atoms with Crippen LogP contribution in [0, 0.1) is 53.6 Å². The fourth-order valence-electron chi connectivity index (χ4n) is 4.73. The fourth-order valence-corrected chi connectivity index (χ4v) is 5.80. The smallest absolute Gasteiger partial charge is 0.216 e. The molecule has 0 spiro atoms. The van der Waals surface area contributed by atoms with Crippen molar-refractivity contribution in [1.29, 1.82) is 0 Å². The Kier molecular flexibility index (Phi) is 7.12. The third kappa shape index (κ3) is 5.48. The quantitative estimate of drug-likeness (QED) is 0.166. The molecule has 0 saturated heterocycles. The molecule has 0 bridgehead atoms. The van der Waals surface area contributed by atoms with E-state index in [1.54, 1.807) is 23.6 Å². The normalized spacial score (nSPS) is 12.4. The van der Waals surface area contributed by atoms with Crippen molar-refractivity contribution < 1.29 is 28.6 Å². The van der Waals surface area contributed by atoms with Crippen LogP contribution in [0.3, 0.4) is 0 Å². The number of hydrogen-bond acceptors (Lipinski definition) is 5. The van der Waals surface area contributed by atoms with Crippen molar-refractivity contribution in [2.75, 3.05) is 0 Å². The van der Waals surface area contributed by atoms with Crippen LogP contribution in [-0.4, -0.2) is 15.0 Å². The van der Waals surface area contributed by atoms with Crippen LogP contribution in [0.25, 0.3) is 54.7 Å². The number of pyridine rings is 3. The van der Waals surface area contributed by atoms with Gasteiger partial charge in [0.1, 0.15) is 0 Å². The summed E-state index contributed by atoms with van der Waals surface area (Å²) in [6.07, 6.45) is 3.71. The molecule has 5 heterocycles. The van der Waals surface area contributed by atoms with E-state index in [1.807, 2.05) is 30.5 Å². The van der Waals surface area contributed by atoms with Crippen molar-refractivity contribution >= 4 is 43.5 Å². The molecule has 0 aliphatic carbocycles. The van der Waals surface area contributed by atoms with Crippen molar-refractivity contribution in [2.45, 2.75) is 41.5 Å². The van der Waals surface area contributed by atoms with E-state index < -0.39 is 6.85 Å². The number of furan rings is 1. The van der Waals surface area contributed by atoms with Crippen LogP contribution in [0.5, 0.6) is 0 Å². The first-order valence-electron chi connectivity index (χ1n) is 14.5. The summed E-state index contributed by atoms with van der Waals surface area (Å²) >= 11 is 1.74. The maximum absolute atomic E-state index is 7.59. The Bertz CT molecular complexity index is 2130. The van der Waals surface area contributed by atoms with Crippen LogP contribution in [0.4, 0.5) is 0 Å². The molecule has 2 aromatic carbocycles. The molecule has 6 heteroatoms. The average molecular weight is 735 g/mol. The number of aryl methyl sites for hydroxylation is 6. The number of rotatable bonds is 2. The van der Waals surface area contributed by atoms with E-state index in [1.165, 1.54) is 37.9 Å². The van der Waals surface area contributed by atoms with E-state index in [9.17, 15) is 0 Å². The molecular formula is C35H29IrN3OS-2. The summed E-state index contributed by atoms with van der Waals surface area (Å²) in [6.45, 7) is 8.17. The fraction of sp³-hybridized carbons (Fsp3) is 0.171. The van der Waals surface area contributed by atoms with E-state index in [0.717, 1.165) is 38.7 Å². The van der Waals surface area contributed by atoms with Crippen molar-refractivity contribution in [3.8, 4) is 22.5 Å². The second-order valence-electron chi connectivity index (χ2n) is 10.00. The van der Waals surface area contributed by atoms with Crippen LogP contribution in [-0.2, 0) is 20.1 Å². The summed E-state index contributed by atoms with van der Waals surface area (Å²) < 4.78 is 30.0. The predicted octanol–water partition coefficient (Wildman–Crippen LogP) is 9.45. The predicted molar refractivity (Wildman–Crippen MR) is 166 cm³/mol. The Morgan fingerprint density at radius 3 is 2.51 bits per heavy atom. The third-order valence-electron chi connectivity index (χ3n) is 7.23. The largest absolute Gasteiger partial charge is 0.486 e. The maximum Gasteiger partial charge on any atom is 0.216 e. The van der Waals surface area contributed by atoms with Gasteiger partial charge in [0, 0.05) is 63.0 Å². The molecule has 7 rings (SSSR count). The van der Waals surface area contributed by atoms with Crippen molar-refractivity contribution in [3.05, 3.63) is 112 Å². The van der Waals surface area contributed by atoms with Crippen LogP contribution in [0.1, 0.15) is 36.9 Å². The zero-order valence-electron chi connectivity index (χ0n) is 26.3. The molecule has 1 radical (unpaired) electrons. The standard InChI is InChI=1S/C21H15N2OS.C14H14N.Ir/c1-11-7-8-15-14-5-4-6-16(20(14)24-21(15)23-11)19-18-12(2)13(3)25-17(18)9-10-22-19;1-10-4-6-13(7-5-10)14-8-11(2)12(3)9-15-14;/h4-5,7-10H,1-3H3;4-6,8-9H,1-3H3;/q2*-1;/i1D3;;. The molecule has 0 N–H and O–H groups in total. The molecule has 0 saturated carbocycles. The second kappa shape index (κ2) is 11.7. The summed E-state index contributed by atoms with van der Waals surface area (Å²) in [5.41, 5.74) is 9.52. The molecule has 0 unspecified atom stereocenters. The minimum atomic E-state index is -2.28. The summed E-state index contributed by atoms with van der Waals surface area (Å²) in [6, 6.07) is 23.8. The van der Waals surface area contributed by atoms with Gasteiger partial charge in [0.25, 0.3) is 0 Å². The molecule has 7 aromatic rings. The van der Waals surface area contributed by atoms with Gasteiger partial charge in [-0.2, -0.15) is 0 Å². The molecule has 4 nitrogen and oxygen atoms in total. The van der Waals surface area contributed by atoms with Crippen LogP contribution in [0.2, 0.25) is 0 Å². The molecule has 41 heavy (non-hydrogen) atoms. The van der Waals surface area contributed by atoms with Crippen molar-refractivity contribution in [2.24, 2.45) is 0 Å². The number of aromatic nitrogens is 3. The van der Waals surface area contributed by atoms with E-state index in [-0.39, 0.29) is 25.8 Å². The number of fused-ring (bicyclic) bond motifs is 4. The molecular weight excluding hydrogens is 703 g/mol. The van der Waals surface area contributed by atoms with Gasteiger partial charge in [-0.1, -0.05) is 29.5 Å². The van der Waals surface area contributed by atoms with E-state index in [4.69, 9.17) is 8.53 Å². The van der Waals surface area contributed by atoms with Gasteiger partial charge in [-0.3, -0.25) is 0 Å². The van der Waals surface area contributed by atoms with Gasteiger partial charge in [0.05, 0.1) is 5.58 Å². The number of nitrogens with zero attached hydrogens (tertiary/aromatic N) is 3. The minimum absolute atomic E-state index is 0. The molecule has 0 atom stereocenters. The first kappa shape index (κ1) is 25.0. The Morgan fingerprint density at radius 2 is 1.76 bits per heavy atom. The first-order chi connectivity index (χ1) is 20.5. The van der Waals surface area contributed by atoms with E-state index in [2.05, 4.69) is 79.9 Å². The van der Waals surface area contributed by atoms with Crippen molar-refractivity contribution in [1.82, 2.24) is 15.0 Å². The Labute approximate surface area is 262 Å². The van der Waals surface area contributed by atoms with Gasteiger partial charge in [0.2, 0.25) is 5.71 Å². The van der Waals surface area contributed by atoms with Crippen LogP contribution >= 0.6 is 11.3 Å². The number of hydrogen-bond donors (Lipinski definition) is 0. The molecule has 207 valence electrons. The number of thiophene rings is 1. The third-order valence-corrected chi connectivity index (χ3v) is 8.40. The van der Waals surface area contributed by atoms with Gasteiger partial charge in [-0.05, 0) is 75.0 Å². The summed E-state index contributed by atoms with van der Waals surface area (Å²) in [5, 5.41) is 2.76. The van der Waals surface area contributed by atoms with E-state index >= 15 is 0 Å². The van der Waals surface area contributed by atoms with Gasteiger partial charge in [-0.25, -0.2) is 4.98 Å². The second-order valence-corrected chi connectivity index (χ2v) is 11.3. The topological polar surface area (TPSA) is 51.8 Å².